The van der Waals surface area contributed by atoms with Crippen molar-refractivity contribution in [1.29, 1.82) is 0 Å². The van der Waals surface area contributed by atoms with E-state index in [9.17, 15) is 32.3 Å². The maximum atomic E-state index is 14.1. The van der Waals surface area contributed by atoms with E-state index in [0.717, 1.165) is 43.7 Å². The van der Waals surface area contributed by atoms with Crippen molar-refractivity contribution in [2.45, 2.75) is 103 Å². The summed E-state index contributed by atoms with van der Waals surface area (Å²) in [6.07, 6.45) is -2.40. The SMILES string of the molecule is CC.CC(F)c1cccc(C(C(=O)NCC2CCNCC2)N(CCC(F)(F)F)C(=O)CCC2CCC(O)CC2)c1.[HH]. The third-order valence-electron chi connectivity index (χ3n) is 7.81. The molecule has 2 fully saturated rings. The van der Waals surface area contributed by atoms with Gasteiger partial charge in [0.1, 0.15) is 12.2 Å². The van der Waals surface area contributed by atoms with Crippen LogP contribution in [0.5, 0.6) is 0 Å². The number of piperidine rings is 1. The van der Waals surface area contributed by atoms with E-state index in [1.807, 2.05) is 13.8 Å². The molecule has 2 amide bonds. The highest BCUT2D eigenvalue weighted by molar-refractivity contribution is 5.88. The van der Waals surface area contributed by atoms with Gasteiger partial charge in [0, 0.05) is 20.9 Å². The zero-order chi connectivity index (χ0) is 29.7. The van der Waals surface area contributed by atoms with Crippen LogP contribution in [0.2, 0.25) is 0 Å². The Hall–Kier alpha value is -2.20. The van der Waals surface area contributed by atoms with Gasteiger partial charge in [-0.25, -0.2) is 4.39 Å². The van der Waals surface area contributed by atoms with Gasteiger partial charge in [-0.05, 0) is 87.9 Å². The number of halogens is 4. The molecule has 0 spiro atoms. The number of carbonyl (C=O) groups is 2. The first-order valence-corrected chi connectivity index (χ1v) is 14.8. The van der Waals surface area contributed by atoms with Crippen LogP contribution in [0.4, 0.5) is 17.6 Å². The molecule has 2 unspecified atom stereocenters. The van der Waals surface area contributed by atoms with Crippen LogP contribution < -0.4 is 10.6 Å². The second-order valence-electron chi connectivity index (χ2n) is 10.8. The molecule has 1 saturated carbocycles. The molecule has 1 aromatic rings. The molecule has 3 N–H and O–H groups in total. The van der Waals surface area contributed by atoms with Gasteiger partial charge in [0.25, 0.3) is 0 Å². The fourth-order valence-corrected chi connectivity index (χ4v) is 5.43. The van der Waals surface area contributed by atoms with Crippen LogP contribution in [0, 0.1) is 11.8 Å². The Labute approximate surface area is 237 Å². The lowest BCUT2D eigenvalue weighted by molar-refractivity contribution is -0.152. The second kappa shape index (κ2) is 16.9. The summed E-state index contributed by atoms with van der Waals surface area (Å²) in [5.74, 6) is -0.640. The standard InChI is InChI=1S/C28H41F4N3O3.C2H6.H2/c1-19(29)22-3-2-4-23(17-22)26(27(38)34-18-21-11-14-33-15-12-21)35(16-13-28(30,31)32)25(37)10-7-20-5-8-24(36)9-6-20;1-2;/h2-4,17,19-21,24,26,33,36H,5-16,18H2,1H3,(H,34,38);1-2H3;1H. The highest BCUT2D eigenvalue weighted by Gasteiger charge is 2.36. The molecular formula is C30H49F4N3O3. The molecule has 1 saturated heterocycles. The van der Waals surface area contributed by atoms with Gasteiger partial charge in [0.05, 0.1) is 12.5 Å². The maximum Gasteiger partial charge on any atom is 0.390 e. The molecule has 2 atom stereocenters. The number of carbonyl (C=O) groups excluding carboxylic acids is 2. The quantitative estimate of drug-likeness (QED) is 0.272. The van der Waals surface area contributed by atoms with Crippen LogP contribution in [-0.4, -0.2) is 60.3 Å². The molecule has 0 bridgehead atoms. The Balaban J connectivity index is 0.00000274. The van der Waals surface area contributed by atoms with Crippen LogP contribution in [0.1, 0.15) is 103 Å². The largest absolute Gasteiger partial charge is 0.393 e. The van der Waals surface area contributed by atoms with E-state index in [1.165, 1.54) is 13.0 Å². The predicted octanol–water partition coefficient (Wildman–Crippen LogP) is 6.26. The summed E-state index contributed by atoms with van der Waals surface area (Å²) in [4.78, 5) is 28.0. The number of amides is 2. The lowest BCUT2D eigenvalue weighted by Gasteiger charge is -2.33. The molecule has 3 rings (SSSR count). The first kappa shape index (κ1) is 34.0. The lowest BCUT2D eigenvalue weighted by Crippen LogP contribution is -2.46. The number of hydrogen-bond donors (Lipinski definition) is 3. The van der Waals surface area contributed by atoms with E-state index in [0.29, 0.717) is 36.9 Å². The summed E-state index contributed by atoms with van der Waals surface area (Å²) >= 11 is 0. The highest BCUT2D eigenvalue weighted by atomic mass is 19.4. The molecule has 0 radical (unpaired) electrons. The molecule has 1 aliphatic heterocycles. The molecule has 6 nitrogen and oxygen atoms in total. The molecule has 10 heteroatoms. The number of hydrogen-bond acceptors (Lipinski definition) is 4. The van der Waals surface area contributed by atoms with Crippen LogP contribution in [0.25, 0.3) is 0 Å². The minimum atomic E-state index is -4.51. The van der Waals surface area contributed by atoms with Crippen LogP contribution in [0.3, 0.4) is 0 Å². The highest BCUT2D eigenvalue weighted by Crippen LogP contribution is 2.32. The average molecular weight is 576 g/mol. The minimum Gasteiger partial charge on any atom is -0.393 e. The number of aliphatic hydroxyl groups is 1. The van der Waals surface area contributed by atoms with Gasteiger partial charge < -0.3 is 20.6 Å². The molecule has 2 aliphatic rings. The van der Waals surface area contributed by atoms with Crippen molar-refractivity contribution in [3.05, 3.63) is 35.4 Å². The van der Waals surface area contributed by atoms with Crippen LogP contribution in [0.15, 0.2) is 24.3 Å². The van der Waals surface area contributed by atoms with Gasteiger partial charge in [-0.2, -0.15) is 13.2 Å². The van der Waals surface area contributed by atoms with E-state index < -0.39 is 43.2 Å². The summed E-state index contributed by atoms with van der Waals surface area (Å²) < 4.78 is 54.0. The van der Waals surface area contributed by atoms with Crippen LogP contribution >= 0.6 is 0 Å². The molecule has 230 valence electrons. The Morgan fingerprint density at radius 1 is 1.07 bits per heavy atom. The number of aliphatic hydroxyl groups excluding tert-OH is 1. The van der Waals surface area contributed by atoms with E-state index >= 15 is 0 Å². The summed E-state index contributed by atoms with van der Waals surface area (Å²) in [7, 11) is 0. The van der Waals surface area contributed by atoms with Gasteiger partial charge in [0.15, 0.2) is 0 Å². The summed E-state index contributed by atoms with van der Waals surface area (Å²) in [5, 5.41) is 15.9. The molecule has 1 aromatic carbocycles. The normalized spacial score (nSPS) is 21.5. The molecule has 1 aliphatic carbocycles. The first-order chi connectivity index (χ1) is 19.0. The number of benzene rings is 1. The monoisotopic (exact) mass is 575 g/mol. The van der Waals surface area contributed by atoms with Crippen molar-refractivity contribution < 1.29 is 33.7 Å². The van der Waals surface area contributed by atoms with Gasteiger partial charge in [0.2, 0.25) is 11.8 Å². The molecular weight excluding hydrogens is 526 g/mol. The lowest BCUT2D eigenvalue weighted by atomic mass is 9.84. The fraction of sp³-hybridized carbons (Fsp3) is 0.733. The van der Waals surface area contributed by atoms with Crippen molar-refractivity contribution in [2.75, 3.05) is 26.2 Å². The summed E-state index contributed by atoms with van der Waals surface area (Å²) in [6, 6.07) is 4.86. The Morgan fingerprint density at radius 2 is 1.70 bits per heavy atom. The zero-order valence-corrected chi connectivity index (χ0v) is 24.1. The van der Waals surface area contributed by atoms with E-state index in [-0.39, 0.29) is 25.8 Å². The first-order valence-electron chi connectivity index (χ1n) is 14.8. The zero-order valence-electron chi connectivity index (χ0n) is 24.1. The molecule has 40 heavy (non-hydrogen) atoms. The third kappa shape index (κ3) is 11.4. The van der Waals surface area contributed by atoms with E-state index in [4.69, 9.17) is 0 Å². The number of rotatable bonds is 11. The third-order valence-corrected chi connectivity index (χ3v) is 7.81. The topological polar surface area (TPSA) is 81.7 Å². The van der Waals surface area contributed by atoms with Gasteiger partial charge in [-0.3, -0.25) is 9.59 Å². The van der Waals surface area contributed by atoms with Gasteiger partial charge in [-0.15, -0.1) is 0 Å². The number of nitrogens with zero attached hydrogens (tertiary/aromatic N) is 1. The average Bonchev–Trinajstić information content (AvgIpc) is 2.94. The van der Waals surface area contributed by atoms with Gasteiger partial charge >= 0.3 is 6.18 Å². The summed E-state index contributed by atoms with van der Waals surface area (Å²) in [6.45, 7) is 6.71. The molecule has 1 heterocycles. The fourth-order valence-electron chi connectivity index (χ4n) is 5.43. The second-order valence-corrected chi connectivity index (χ2v) is 10.8. The number of nitrogens with one attached hydrogen (secondary N) is 2. The van der Waals surface area contributed by atoms with Crippen molar-refractivity contribution in [1.82, 2.24) is 15.5 Å². The van der Waals surface area contributed by atoms with Crippen molar-refractivity contribution in [3.63, 3.8) is 0 Å². The molecule has 0 aromatic heterocycles. The smallest absolute Gasteiger partial charge is 0.390 e. The number of alkyl halides is 4. The van der Waals surface area contributed by atoms with Crippen molar-refractivity contribution in [3.8, 4) is 0 Å². The van der Waals surface area contributed by atoms with Crippen LogP contribution in [-0.2, 0) is 9.59 Å². The van der Waals surface area contributed by atoms with E-state index in [1.54, 1.807) is 18.2 Å². The van der Waals surface area contributed by atoms with Crippen molar-refractivity contribution in [2.24, 2.45) is 11.8 Å². The predicted molar refractivity (Wildman–Crippen MR) is 150 cm³/mol. The van der Waals surface area contributed by atoms with Gasteiger partial charge in [-0.1, -0.05) is 38.1 Å². The minimum absolute atomic E-state index is 0. The van der Waals surface area contributed by atoms with Crippen molar-refractivity contribution >= 4 is 11.8 Å². The maximum absolute atomic E-state index is 14.1. The Bertz CT molecular complexity index is 905. The summed E-state index contributed by atoms with van der Waals surface area (Å²) in [5.41, 5.74) is 0.591. The van der Waals surface area contributed by atoms with E-state index in [2.05, 4.69) is 10.6 Å². The Morgan fingerprint density at radius 3 is 2.30 bits per heavy atom. The Kier molecular flexibility index (Phi) is 14.4.